The Bertz CT molecular complexity index is 493. The summed E-state index contributed by atoms with van der Waals surface area (Å²) in [5.74, 6) is -0.450. The monoisotopic (exact) mass is 388 g/mol. The first-order chi connectivity index (χ1) is 12.4. The van der Waals surface area contributed by atoms with Crippen LogP contribution >= 0.6 is 0 Å². The normalized spacial score (nSPS) is 17.3. The second-order valence-electron chi connectivity index (χ2n) is 7.93. The number of ether oxygens (including phenoxy) is 3. The predicted molar refractivity (Wildman–Crippen MR) is 103 cm³/mol. The summed E-state index contributed by atoms with van der Waals surface area (Å²) in [6, 6.07) is -0.705. The van der Waals surface area contributed by atoms with Gasteiger partial charge >= 0.3 is 18.2 Å². The number of esters is 1. The van der Waals surface area contributed by atoms with Crippen LogP contribution in [0.15, 0.2) is 0 Å². The quantitative estimate of drug-likeness (QED) is 0.450. The van der Waals surface area contributed by atoms with Gasteiger partial charge in [-0.1, -0.05) is 13.8 Å². The van der Waals surface area contributed by atoms with Gasteiger partial charge in [-0.25, -0.2) is 14.4 Å². The molecule has 0 bridgehead atoms. The van der Waals surface area contributed by atoms with E-state index in [4.69, 9.17) is 14.2 Å². The first-order valence-electron chi connectivity index (χ1n) is 9.52. The molecule has 27 heavy (non-hydrogen) atoms. The molecule has 1 rings (SSSR count). The molecular weight excluding hydrogens is 352 g/mol. The van der Waals surface area contributed by atoms with Crippen molar-refractivity contribution in [2.24, 2.45) is 0 Å². The Morgan fingerprint density at radius 1 is 1.11 bits per heavy atom. The Labute approximate surface area is 162 Å². The average molecular weight is 389 g/mol. The van der Waals surface area contributed by atoms with Crippen molar-refractivity contribution in [3.05, 3.63) is 0 Å². The summed E-state index contributed by atoms with van der Waals surface area (Å²) in [7, 11) is 0. The van der Waals surface area contributed by atoms with Crippen LogP contribution in [-0.4, -0.2) is 60.0 Å². The second kappa shape index (κ2) is 11.0. The number of morpholine rings is 1. The maximum absolute atomic E-state index is 12.3. The molecule has 0 saturated carbocycles. The number of rotatable bonds is 4. The van der Waals surface area contributed by atoms with Gasteiger partial charge in [0, 0.05) is 6.54 Å². The topological polar surface area (TPSA) is 94.2 Å². The lowest BCUT2D eigenvalue weighted by Crippen LogP contribution is -2.53. The summed E-state index contributed by atoms with van der Waals surface area (Å²) in [4.78, 5) is 37.3. The maximum Gasteiger partial charge on any atom is 0.411 e. The molecular formula is C19H36N2O6. The van der Waals surface area contributed by atoms with Gasteiger partial charge in [-0.3, -0.25) is 4.90 Å². The van der Waals surface area contributed by atoms with Gasteiger partial charge in [0.25, 0.3) is 0 Å². The van der Waals surface area contributed by atoms with Gasteiger partial charge in [-0.05, 0) is 54.4 Å². The Morgan fingerprint density at radius 2 is 1.67 bits per heavy atom. The predicted octanol–water partition coefficient (Wildman–Crippen LogP) is 3.48. The van der Waals surface area contributed by atoms with Crippen LogP contribution in [0, 0.1) is 0 Å². The lowest BCUT2D eigenvalue weighted by Gasteiger charge is -2.35. The van der Waals surface area contributed by atoms with Crippen molar-refractivity contribution in [3.8, 4) is 0 Å². The maximum atomic E-state index is 12.3. The smallest absolute Gasteiger partial charge is 0.411 e. The van der Waals surface area contributed by atoms with E-state index in [0.717, 1.165) is 0 Å². The molecule has 1 fully saturated rings. The van der Waals surface area contributed by atoms with Crippen molar-refractivity contribution >= 4 is 18.2 Å². The van der Waals surface area contributed by atoms with Gasteiger partial charge in [0.2, 0.25) is 0 Å². The molecule has 1 aliphatic rings. The summed E-state index contributed by atoms with van der Waals surface area (Å²) < 4.78 is 15.5. The molecule has 8 heteroatoms. The third kappa shape index (κ3) is 10.7. The van der Waals surface area contributed by atoms with Crippen LogP contribution in [0.5, 0.6) is 0 Å². The van der Waals surface area contributed by atoms with Crippen LogP contribution < -0.4 is 5.32 Å². The van der Waals surface area contributed by atoms with E-state index in [-0.39, 0.29) is 6.61 Å². The van der Waals surface area contributed by atoms with Crippen LogP contribution in [0.3, 0.4) is 0 Å². The van der Waals surface area contributed by atoms with Crippen LogP contribution in [0.25, 0.3) is 0 Å². The van der Waals surface area contributed by atoms with E-state index in [1.54, 1.807) is 41.5 Å². The fourth-order valence-corrected chi connectivity index (χ4v) is 2.24. The molecule has 0 aromatic carbocycles. The Morgan fingerprint density at radius 3 is 2.19 bits per heavy atom. The molecule has 0 aromatic heterocycles. The number of cyclic esters (lactones) is 1. The van der Waals surface area contributed by atoms with E-state index >= 15 is 0 Å². The van der Waals surface area contributed by atoms with Crippen LogP contribution in [-0.2, 0) is 19.0 Å². The first-order valence-corrected chi connectivity index (χ1v) is 9.52. The number of nitrogens with one attached hydrogen (secondary N) is 1. The molecule has 0 radical (unpaired) electrons. The SMILES string of the molecule is CC.CC(C)(C)OC(=O)NCCCC1C(=O)OCCN1C(=O)OC(C)(C)C. The highest BCUT2D eigenvalue weighted by atomic mass is 16.6. The molecule has 1 atom stereocenters. The summed E-state index contributed by atoms with van der Waals surface area (Å²) in [5, 5.41) is 2.63. The number of carbonyl (C=O) groups is 3. The third-order valence-corrected chi connectivity index (χ3v) is 3.18. The van der Waals surface area contributed by atoms with Gasteiger partial charge in [0.05, 0.1) is 6.54 Å². The molecule has 1 N–H and O–H groups in total. The van der Waals surface area contributed by atoms with E-state index in [1.165, 1.54) is 4.90 Å². The van der Waals surface area contributed by atoms with E-state index in [0.29, 0.717) is 25.9 Å². The largest absolute Gasteiger partial charge is 0.462 e. The molecule has 1 aliphatic heterocycles. The summed E-state index contributed by atoms with van der Waals surface area (Å²) in [6.07, 6.45) is -0.177. The molecule has 158 valence electrons. The summed E-state index contributed by atoms with van der Waals surface area (Å²) >= 11 is 0. The minimum absolute atomic E-state index is 0.157. The van der Waals surface area contributed by atoms with Crippen molar-refractivity contribution in [3.63, 3.8) is 0 Å². The van der Waals surface area contributed by atoms with Gasteiger partial charge in [0.1, 0.15) is 23.9 Å². The fourth-order valence-electron chi connectivity index (χ4n) is 2.24. The molecule has 2 amide bonds. The van der Waals surface area contributed by atoms with E-state index in [9.17, 15) is 14.4 Å². The van der Waals surface area contributed by atoms with Gasteiger partial charge in [0.15, 0.2) is 0 Å². The molecule has 1 saturated heterocycles. The number of carbonyl (C=O) groups excluding carboxylic acids is 3. The van der Waals surface area contributed by atoms with E-state index in [2.05, 4.69) is 5.32 Å². The van der Waals surface area contributed by atoms with E-state index in [1.807, 2.05) is 13.8 Å². The standard InChI is InChI=1S/C17H30N2O6.C2H6/c1-16(2,3)24-14(21)18-9-7-8-12-13(20)23-11-10-19(12)15(22)25-17(4,5)6;1-2/h12H,7-11H2,1-6H3,(H,18,21);1-2H3. The Hall–Kier alpha value is -1.99. The van der Waals surface area contributed by atoms with E-state index < -0.39 is 35.4 Å². The van der Waals surface area contributed by atoms with Crippen LogP contribution in [0.4, 0.5) is 9.59 Å². The third-order valence-electron chi connectivity index (χ3n) is 3.18. The lowest BCUT2D eigenvalue weighted by molar-refractivity contribution is -0.157. The molecule has 1 heterocycles. The Kier molecular flexibility index (Phi) is 10.2. The van der Waals surface area contributed by atoms with Crippen molar-refractivity contribution < 1.29 is 28.6 Å². The van der Waals surface area contributed by atoms with Gasteiger partial charge < -0.3 is 19.5 Å². The summed E-state index contributed by atoms with van der Waals surface area (Å²) in [6.45, 7) is 15.4. The number of amides is 2. The highest BCUT2D eigenvalue weighted by Crippen LogP contribution is 2.18. The highest BCUT2D eigenvalue weighted by molar-refractivity contribution is 5.82. The van der Waals surface area contributed by atoms with Crippen LogP contribution in [0.1, 0.15) is 68.2 Å². The number of alkyl carbamates (subject to hydrolysis) is 1. The van der Waals surface area contributed by atoms with Crippen molar-refractivity contribution in [1.29, 1.82) is 0 Å². The number of hydrogen-bond acceptors (Lipinski definition) is 6. The lowest BCUT2D eigenvalue weighted by atomic mass is 10.1. The summed E-state index contributed by atoms with van der Waals surface area (Å²) in [5.41, 5.74) is -1.20. The second-order valence-corrected chi connectivity index (χ2v) is 7.93. The molecule has 0 aliphatic carbocycles. The number of hydrogen-bond donors (Lipinski definition) is 1. The van der Waals surface area contributed by atoms with Crippen molar-refractivity contribution in [1.82, 2.24) is 10.2 Å². The fraction of sp³-hybridized carbons (Fsp3) is 0.842. The number of nitrogens with zero attached hydrogens (tertiary/aromatic N) is 1. The minimum atomic E-state index is -0.705. The Balaban J connectivity index is 0.00000326. The molecule has 1 unspecified atom stereocenters. The average Bonchev–Trinajstić information content (AvgIpc) is 2.51. The van der Waals surface area contributed by atoms with Gasteiger partial charge in [-0.15, -0.1) is 0 Å². The first kappa shape index (κ1) is 25.0. The zero-order valence-electron chi connectivity index (χ0n) is 18.0. The zero-order chi connectivity index (χ0) is 21.3. The van der Waals surface area contributed by atoms with Crippen molar-refractivity contribution in [2.75, 3.05) is 19.7 Å². The van der Waals surface area contributed by atoms with Gasteiger partial charge in [-0.2, -0.15) is 0 Å². The molecule has 0 aromatic rings. The van der Waals surface area contributed by atoms with Crippen molar-refractivity contribution in [2.45, 2.75) is 85.5 Å². The molecule has 8 nitrogen and oxygen atoms in total. The highest BCUT2D eigenvalue weighted by Gasteiger charge is 2.36. The minimum Gasteiger partial charge on any atom is -0.462 e. The van der Waals surface area contributed by atoms with Crippen LogP contribution in [0.2, 0.25) is 0 Å². The zero-order valence-corrected chi connectivity index (χ0v) is 18.0. The molecule has 0 spiro atoms.